The number of hydrogen-bond donors (Lipinski definition) is 1. The molecule has 0 aromatic heterocycles. The molecule has 3 aromatic rings. The molecule has 0 amide bonds. The zero-order chi connectivity index (χ0) is 18.9. The van der Waals surface area contributed by atoms with Gasteiger partial charge < -0.3 is 5.32 Å². The summed E-state index contributed by atoms with van der Waals surface area (Å²) >= 11 is 1.78. The first kappa shape index (κ1) is 19.6. The lowest BCUT2D eigenvalue weighted by Crippen LogP contribution is -2.20. The van der Waals surface area contributed by atoms with Crippen molar-refractivity contribution in [2.75, 3.05) is 18.8 Å². The molecule has 1 nitrogen and oxygen atoms in total. The van der Waals surface area contributed by atoms with E-state index < -0.39 is 0 Å². The first-order valence-electron chi connectivity index (χ1n) is 9.09. The largest absolute Gasteiger partial charge is 0.316 e. The molecule has 0 saturated heterocycles. The van der Waals surface area contributed by atoms with Crippen LogP contribution in [0, 0.1) is 11.6 Å². The van der Waals surface area contributed by atoms with Gasteiger partial charge in [-0.2, -0.15) is 0 Å². The van der Waals surface area contributed by atoms with Crippen LogP contribution < -0.4 is 5.32 Å². The highest BCUT2D eigenvalue weighted by Crippen LogP contribution is 2.35. The Labute approximate surface area is 163 Å². The summed E-state index contributed by atoms with van der Waals surface area (Å²) in [4.78, 5) is 0. The van der Waals surface area contributed by atoms with Crippen molar-refractivity contribution in [2.24, 2.45) is 0 Å². The van der Waals surface area contributed by atoms with Crippen molar-refractivity contribution in [1.82, 2.24) is 5.32 Å². The number of nitrogens with one attached hydrogen (secondary N) is 1. The normalized spacial score (nSPS) is 11.1. The monoisotopic (exact) mass is 383 g/mol. The maximum absolute atomic E-state index is 13.3. The van der Waals surface area contributed by atoms with Gasteiger partial charge in [-0.1, -0.05) is 54.6 Å². The molecular formula is C23H23F2NS. The number of rotatable bonds is 9. The second kappa shape index (κ2) is 10.2. The molecule has 27 heavy (non-hydrogen) atoms. The summed E-state index contributed by atoms with van der Waals surface area (Å²) < 4.78 is 26.5. The van der Waals surface area contributed by atoms with Crippen molar-refractivity contribution in [3.05, 3.63) is 107 Å². The van der Waals surface area contributed by atoms with Crippen molar-refractivity contribution in [3.8, 4) is 0 Å². The van der Waals surface area contributed by atoms with Gasteiger partial charge >= 0.3 is 0 Å². The Hall–Kier alpha value is -2.17. The molecule has 0 bridgehead atoms. The summed E-state index contributed by atoms with van der Waals surface area (Å²) in [5, 5.41) is 3.53. The molecule has 0 aliphatic rings. The number of halogens is 2. The van der Waals surface area contributed by atoms with Crippen molar-refractivity contribution >= 4 is 11.8 Å². The fourth-order valence-electron chi connectivity index (χ4n) is 2.91. The van der Waals surface area contributed by atoms with Crippen LogP contribution in [-0.2, 0) is 6.42 Å². The third-order valence-electron chi connectivity index (χ3n) is 4.34. The molecule has 0 fully saturated rings. The molecule has 0 heterocycles. The Morgan fingerprint density at radius 3 is 1.81 bits per heavy atom. The van der Waals surface area contributed by atoms with Crippen LogP contribution >= 0.6 is 11.8 Å². The average Bonchev–Trinajstić information content (AvgIpc) is 2.70. The highest BCUT2D eigenvalue weighted by Gasteiger charge is 2.15. The Kier molecular flexibility index (Phi) is 7.43. The van der Waals surface area contributed by atoms with Gasteiger partial charge in [0.25, 0.3) is 0 Å². The summed E-state index contributed by atoms with van der Waals surface area (Å²) in [5.74, 6) is 0.419. The van der Waals surface area contributed by atoms with Crippen molar-refractivity contribution in [3.63, 3.8) is 0 Å². The maximum atomic E-state index is 13.3. The summed E-state index contributed by atoms with van der Waals surface area (Å²) in [6.45, 7) is 1.82. The van der Waals surface area contributed by atoms with Gasteiger partial charge in [0.15, 0.2) is 0 Å². The smallest absolute Gasteiger partial charge is 0.123 e. The fraction of sp³-hybridized carbons (Fsp3) is 0.217. The molecule has 0 radical (unpaired) electrons. The first-order valence-corrected chi connectivity index (χ1v) is 10.1. The standard InChI is InChI=1S/C23H23F2NS/c24-21-10-6-19(7-11-21)23(20-8-12-22(25)13-9-20)27-17-16-26-15-14-18-4-2-1-3-5-18/h1-13,23,26H,14-17H2. The van der Waals surface area contributed by atoms with Crippen LogP contribution in [0.15, 0.2) is 78.9 Å². The zero-order valence-corrected chi connectivity index (χ0v) is 15.9. The summed E-state index contributed by atoms with van der Waals surface area (Å²) in [5.41, 5.74) is 3.38. The van der Waals surface area contributed by atoms with Crippen molar-refractivity contribution < 1.29 is 8.78 Å². The van der Waals surface area contributed by atoms with E-state index in [4.69, 9.17) is 0 Å². The highest BCUT2D eigenvalue weighted by molar-refractivity contribution is 7.99. The molecule has 4 heteroatoms. The Bertz CT molecular complexity index is 759. The topological polar surface area (TPSA) is 12.0 Å². The van der Waals surface area contributed by atoms with Crippen LogP contribution in [0.1, 0.15) is 21.9 Å². The molecule has 0 saturated carbocycles. The quantitative estimate of drug-likeness (QED) is 0.481. The van der Waals surface area contributed by atoms with E-state index in [2.05, 4.69) is 29.6 Å². The molecule has 3 aromatic carbocycles. The third-order valence-corrected chi connectivity index (χ3v) is 5.66. The van der Waals surface area contributed by atoms with E-state index in [-0.39, 0.29) is 16.9 Å². The minimum Gasteiger partial charge on any atom is -0.316 e. The molecule has 0 aliphatic carbocycles. The second-order valence-electron chi connectivity index (χ2n) is 6.34. The van der Waals surface area contributed by atoms with E-state index in [1.54, 1.807) is 36.0 Å². The predicted molar refractivity (Wildman–Crippen MR) is 110 cm³/mol. The van der Waals surface area contributed by atoms with Gasteiger partial charge in [-0.25, -0.2) is 8.78 Å². The number of thioether (sulfide) groups is 1. The van der Waals surface area contributed by atoms with E-state index in [9.17, 15) is 8.78 Å². The zero-order valence-electron chi connectivity index (χ0n) is 15.1. The Morgan fingerprint density at radius 1 is 0.704 bits per heavy atom. The Balaban J connectivity index is 1.54. The van der Waals surface area contributed by atoms with Crippen LogP contribution in [0.3, 0.4) is 0 Å². The number of benzene rings is 3. The van der Waals surface area contributed by atoms with Crippen molar-refractivity contribution in [1.29, 1.82) is 0 Å². The summed E-state index contributed by atoms with van der Waals surface area (Å²) in [6.07, 6.45) is 1.00. The third kappa shape index (κ3) is 6.19. The minimum absolute atomic E-state index is 0.0575. The van der Waals surface area contributed by atoms with Gasteiger partial charge in [-0.15, -0.1) is 11.8 Å². The second-order valence-corrected chi connectivity index (χ2v) is 7.55. The van der Waals surface area contributed by atoms with Gasteiger partial charge in [-0.05, 0) is 53.9 Å². The summed E-state index contributed by atoms with van der Waals surface area (Å²) in [7, 11) is 0. The van der Waals surface area contributed by atoms with Gasteiger partial charge in [0, 0.05) is 12.3 Å². The number of hydrogen-bond acceptors (Lipinski definition) is 2. The molecule has 0 aliphatic heterocycles. The Morgan fingerprint density at radius 2 is 1.26 bits per heavy atom. The average molecular weight is 384 g/mol. The minimum atomic E-state index is -0.246. The lowest BCUT2D eigenvalue weighted by atomic mass is 10.0. The highest BCUT2D eigenvalue weighted by atomic mass is 32.2. The van der Waals surface area contributed by atoms with Crippen LogP contribution in [0.5, 0.6) is 0 Å². The van der Waals surface area contributed by atoms with E-state index in [0.29, 0.717) is 0 Å². The SMILES string of the molecule is Fc1ccc(C(SCCNCCc2ccccc2)c2ccc(F)cc2)cc1. The molecule has 1 N–H and O–H groups in total. The van der Waals surface area contributed by atoms with Gasteiger partial charge in [0.1, 0.15) is 11.6 Å². The molecule has 0 spiro atoms. The predicted octanol–water partition coefficient (Wildman–Crippen LogP) is 5.62. The molecule has 0 atom stereocenters. The van der Waals surface area contributed by atoms with Crippen LogP contribution in [0.25, 0.3) is 0 Å². The van der Waals surface area contributed by atoms with Crippen LogP contribution in [0.4, 0.5) is 8.78 Å². The van der Waals surface area contributed by atoms with Gasteiger partial charge in [-0.3, -0.25) is 0 Å². The van der Waals surface area contributed by atoms with Crippen LogP contribution in [-0.4, -0.2) is 18.8 Å². The lowest BCUT2D eigenvalue weighted by Gasteiger charge is -2.18. The molecule has 0 unspecified atom stereocenters. The van der Waals surface area contributed by atoms with Gasteiger partial charge in [0.05, 0.1) is 5.25 Å². The van der Waals surface area contributed by atoms with E-state index in [1.807, 2.05) is 6.07 Å². The molecular weight excluding hydrogens is 360 g/mol. The van der Waals surface area contributed by atoms with Crippen molar-refractivity contribution in [2.45, 2.75) is 11.7 Å². The van der Waals surface area contributed by atoms with E-state index in [0.717, 1.165) is 36.4 Å². The fourth-order valence-corrected chi connectivity index (χ4v) is 4.11. The lowest BCUT2D eigenvalue weighted by molar-refractivity contribution is 0.626. The maximum Gasteiger partial charge on any atom is 0.123 e. The molecule has 140 valence electrons. The van der Waals surface area contributed by atoms with E-state index >= 15 is 0 Å². The van der Waals surface area contributed by atoms with Gasteiger partial charge in [0.2, 0.25) is 0 Å². The summed E-state index contributed by atoms with van der Waals surface area (Å²) in [6, 6.07) is 23.5. The molecule has 3 rings (SSSR count). The van der Waals surface area contributed by atoms with E-state index in [1.165, 1.54) is 29.8 Å². The first-order chi connectivity index (χ1) is 13.2. The van der Waals surface area contributed by atoms with Crippen LogP contribution in [0.2, 0.25) is 0 Å².